The second kappa shape index (κ2) is 5.24. The maximum Gasteiger partial charge on any atom is 0.290 e. The summed E-state index contributed by atoms with van der Waals surface area (Å²) in [5.41, 5.74) is 12.0. The van der Waals surface area contributed by atoms with E-state index in [9.17, 15) is 9.59 Å². The molecule has 0 atom stereocenters. The number of rotatable bonds is 4. The van der Waals surface area contributed by atoms with Gasteiger partial charge in [-0.3, -0.25) is 9.59 Å². The van der Waals surface area contributed by atoms with Crippen LogP contribution in [0.3, 0.4) is 0 Å². The average Bonchev–Trinajstić information content (AvgIpc) is 2.77. The van der Waals surface area contributed by atoms with Gasteiger partial charge in [0.25, 0.3) is 5.91 Å². The minimum atomic E-state index is -0.563. The fourth-order valence-electron chi connectivity index (χ4n) is 1.97. The van der Waals surface area contributed by atoms with Crippen molar-refractivity contribution >= 4 is 28.5 Å². The molecule has 0 saturated heterocycles. The van der Waals surface area contributed by atoms with E-state index in [0.29, 0.717) is 11.3 Å². The molecule has 4 N–H and O–H groups in total. The van der Waals surface area contributed by atoms with Gasteiger partial charge in [0.1, 0.15) is 5.58 Å². The van der Waals surface area contributed by atoms with Crippen LogP contribution in [0.25, 0.3) is 11.0 Å². The van der Waals surface area contributed by atoms with Gasteiger partial charge in [-0.2, -0.15) is 0 Å². The Morgan fingerprint density at radius 1 is 1.30 bits per heavy atom. The molecule has 6 nitrogen and oxygen atoms in total. The largest absolute Gasteiger partial charge is 0.451 e. The summed E-state index contributed by atoms with van der Waals surface area (Å²) < 4.78 is 5.50. The molecule has 0 aliphatic heterocycles. The van der Waals surface area contributed by atoms with Crippen LogP contribution in [0, 0.1) is 0 Å². The Balaban J connectivity index is 2.35. The number of furan rings is 1. The second-order valence-electron chi connectivity index (χ2n) is 4.90. The zero-order valence-corrected chi connectivity index (χ0v) is 11.4. The van der Waals surface area contributed by atoms with E-state index in [4.69, 9.17) is 15.9 Å². The topological polar surface area (TPSA) is 103 Å². The minimum Gasteiger partial charge on any atom is -0.451 e. The second-order valence-corrected chi connectivity index (χ2v) is 4.90. The first-order valence-electron chi connectivity index (χ1n) is 6.27. The number of nitrogens with two attached hydrogens (primary N) is 2. The number of nitrogens with zero attached hydrogens (tertiary/aromatic N) is 1. The van der Waals surface area contributed by atoms with Crippen LogP contribution in [-0.2, 0) is 4.79 Å². The van der Waals surface area contributed by atoms with Crippen molar-refractivity contribution in [1.82, 2.24) is 4.90 Å². The molecular weight excluding hydrogens is 258 g/mol. The summed E-state index contributed by atoms with van der Waals surface area (Å²) in [6, 6.07) is 6.58. The van der Waals surface area contributed by atoms with Crippen LogP contribution in [0.5, 0.6) is 0 Å². The van der Waals surface area contributed by atoms with Crippen LogP contribution < -0.4 is 11.5 Å². The highest BCUT2D eigenvalue weighted by molar-refractivity contribution is 5.98. The van der Waals surface area contributed by atoms with Crippen LogP contribution in [0.2, 0.25) is 0 Å². The van der Waals surface area contributed by atoms with Gasteiger partial charge in [-0.05, 0) is 38.1 Å². The molecule has 6 heteroatoms. The van der Waals surface area contributed by atoms with Gasteiger partial charge in [0.15, 0.2) is 5.76 Å². The zero-order valence-electron chi connectivity index (χ0n) is 11.4. The molecule has 0 spiro atoms. The molecule has 0 aliphatic carbocycles. The fourth-order valence-corrected chi connectivity index (χ4v) is 1.97. The van der Waals surface area contributed by atoms with Crippen molar-refractivity contribution in [2.24, 2.45) is 5.73 Å². The molecule has 106 valence electrons. The number of fused-ring (bicyclic) bond motifs is 1. The molecular formula is C14H17N3O3. The number of carbonyl (C=O) groups excluding carboxylic acids is 2. The van der Waals surface area contributed by atoms with Crippen molar-refractivity contribution in [1.29, 1.82) is 0 Å². The first-order valence-corrected chi connectivity index (χ1v) is 6.27. The Kier molecular flexibility index (Phi) is 3.65. The number of carbonyl (C=O) groups is 2. The Morgan fingerprint density at radius 2 is 2.00 bits per heavy atom. The van der Waals surface area contributed by atoms with E-state index in [1.165, 1.54) is 4.90 Å². The predicted molar refractivity (Wildman–Crippen MR) is 76.0 cm³/mol. The highest BCUT2D eigenvalue weighted by Gasteiger charge is 2.23. The van der Waals surface area contributed by atoms with Crippen molar-refractivity contribution in [2.45, 2.75) is 19.9 Å². The molecule has 1 aromatic heterocycles. The van der Waals surface area contributed by atoms with Gasteiger partial charge in [0.2, 0.25) is 5.91 Å². The summed E-state index contributed by atoms with van der Waals surface area (Å²) >= 11 is 0. The number of benzene rings is 1. The highest BCUT2D eigenvalue weighted by atomic mass is 16.3. The molecule has 0 unspecified atom stereocenters. The molecule has 20 heavy (non-hydrogen) atoms. The van der Waals surface area contributed by atoms with E-state index in [-0.39, 0.29) is 24.3 Å². The smallest absolute Gasteiger partial charge is 0.290 e. The normalized spacial score (nSPS) is 10.9. The SMILES string of the molecule is CC(C)N(CC(N)=O)C(=O)c1cc2cc(N)ccc2o1. The Bertz CT molecular complexity index is 661. The summed E-state index contributed by atoms with van der Waals surface area (Å²) in [5, 5.41) is 0.746. The molecule has 2 amide bonds. The first-order chi connectivity index (χ1) is 9.38. The van der Waals surface area contributed by atoms with E-state index in [2.05, 4.69) is 0 Å². The van der Waals surface area contributed by atoms with Crippen LogP contribution in [0.1, 0.15) is 24.4 Å². The molecule has 0 saturated carbocycles. The third-order valence-electron chi connectivity index (χ3n) is 2.96. The summed E-state index contributed by atoms with van der Waals surface area (Å²) in [6.07, 6.45) is 0. The van der Waals surface area contributed by atoms with Crippen molar-refractivity contribution in [2.75, 3.05) is 12.3 Å². The zero-order chi connectivity index (χ0) is 14.9. The lowest BCUT2D eigenvalue weighted by molar-refractivity contribution is -0.119. The maximum atomic E-state index is 12.4. The van der Waals surface area contributed by atoms with Crippen LogP contribution in [0.4, 0.5) is 5.69 Å². The van der Waals surface area contributed by atoms with Gasteiger partial charge in [-0.25, -0.2) is 0 Å². The highest BCUT2D eigenvalue weighted by Crippen LogP contribution is 2.23. The Hall–Kier alpha value is -2.50. The molecule has 0 aliphatic rings. The number of hydrogen-bond acceptors (Lipinski definition) is 4. The standard InChI is InChI=1S/C14H17N3O3/c1-8(2)17(7-13(16)18)14(19)12-6-9-5-10(15)3-4-11(9)20-12/h3-6,8H,7,15H2,1-2H3,(H2,16,18). The van der Waals surface area contributed by atoms with Gasteiger partial charge >= 0.3 is 0 Å². The number of amides is 2. The van der Waals surface area contributed by atoms with E-state index in [0.717, 1.165) is 5.39 Å². The summed E-state index contributed by atoms with van der Waals surface area (Å²) in [5.74, 6) is -0.762. The third kappa shape index (κ3) is 2.74. The number of nitrogen functional groups attached to an aromatic ring is 1. The van der Waals surface area contributed by atoms with Crippen LogP contribution in [-0.4, -0.2) is 29.3 Å². The Morgan fingerprint density at radius 3 is 2.60 bits per heavy atom. The lowest BCUT2D eigenvalue weighted by Crippen LogP contribution is -2.42. The van der Waals surface area contributed by atoms with Crippen molar-refractivity contribution < 1.29 is 14.0 Å². The van der Waals surface area contributed by atoms with E-state index < -0.39 is 5.91 Å². The molecule has 0 bridgehead atoms. The number of anilines is 1. The Labute approximate surface area is 116 Å². The molecule has 1 aromatic carbocycles. The summed E-state index contributed by atoms with van der Waals surface area (Å²) in [6.45, 7) is 3.47. The molecule has 2 aromatic rings. The lowest BCUT2D eigenvalue weighted by Gasteiger charge is -2.24. The van der Waals surface area contributed by atoms with E-state index in [1.807, 2.05) is 13.8 Å². The van der Waals surface area contributed by atoms with Gasteiger partial charge < -0.3 is 20.8 Å². The van der Waals surface area contributed by atoms with Gasteiger partial charge in [-0.15, -0.1) is 0 Å². The maximum absolute atomic E-state index is 12.4. The van der Waals surface area contributed by atoms with Gasteiger partial charge in [0, 0.05) is 17.1 Å². The van der Waals surface area contributed by atoms with E-state index >= 15 is 0 Å². The number of hydrogen-bond donors (Lipinski definition) is 2. The van der Waals surface area contributed by atoms with Crippen LogP contribution in [0.15, 0.2) is 28.7 Å². The van der Waals surface area contributed by atoms with Crippen molar-refractivity contribution in [3.63, 3.8) is 0 Å². The summed E-state index contributed by atoms with van der Waals surface area (Å²) in [7, 11) is 0. The van der Waals surface area contributed by atoms with Gasteiger partial charge in [0.05, 0.1) is 6.54 Å². The number of primary amides is 1. The van der Waals surface area contributed by atoms with Crippen molar-refractivity contribution in [3.05, 3.63) is 30.0 Å². The quantitative estimate of drug-likeness (QED) is 0.822. The predicted octanol–water partition coefficient (Wildman–Crippen LogP) is 1.35. The first kappa shape index (κ1) is 13.9. The minimum absolute atomic E-state index is 0.143. The molecule has 0 radical (unpaired) electrons. The third-order valence-corrected chi connectivity index (χ3v) is 2.96. The van der Waals surface area contributed by atoms with E-state index in [1.54, 1.807) is 24.3 Å². The molecule has 0 fully saturated rings. The van der Waals surface area contributed by atoms with Crippen LogP contribution >= 0.6 is 0 Å². The van der Waals surface area contributed by atoms with Gasteiger partial charge in [-0.1, -0.05) is 0 Å². The molecule has 1 heterocycles. The monoisotopic (exact) mass is 275 g/mol. The van der Waals surface area contributed by atoms with Crippen molar-refractivity contribution in [3.8, 4) is 0 Å². The summed E-state index contributed by atoms with van der Waals surface area (Å²) in [4.78, 5) is 24.8. The lowest BCUT2D eigenvalue weighted by atomic mass is 10.2. The molecule has 2 rings (SSSR count). The fraction of sp³-hybridized carbons (Fsp3) is 0.286. The average molecular weight is 275 g/mol.